The fraction of sp³-hybridized carbons (Fsp3) is 0.222. The first-order valence-corrected chi connectivity index (χ1v) is 4.12. The Morgan fingerprint density at radius 2 is 2.00 bits per heavy atom. The molecule has 0 fully saturated rings. The Labute approximate surface area is 80.9 Å². The lowest BCUT2D eigenvalue weighted by atomic mass is 10.3. The van der Waals surface area contributed by atoms with Crippen LogP contribution in [0.4, 0.5) is 0 Å². The van der Waals surface area contributed by atoms with E-state index in [1.165, 1.54) is 6.92 Å². The van der Waals surface area contributed by atoms with Gasteiger partial charge in [0.05, 0.1) is 0 Å². The first-order valence-electron chi connectivity index (χ1n) is 3.75. The van der Waals surface area contributed by atoms with Gasteiger partial charge in [0.25, 0.3) is 0 Å². The van der Waals surface area contributed by atoms with Gasteiger partial charge in [-0.15, -0.1) is 0 Å². The van der Waals surface area contributed by atoms with Crippen molar-refractivity contribution in [2.24, 2.45) is 0 Å². The normalized spacial score (nSPS) is 12.2. The number of aliphatic hydroxyl groups is 1. The van der Waals surface area contributed by atoms with E-state index >= 15 is 0 Å². The van der Waals surface area contributed by atoms with Crippen LogP contribution in [0.25, 0.3) is 0 Å². The number of carbonyl (C=O) groups is 1. The molecule has 1 N–H and O–H groups in total. The summed E-state index contributed by atoms with van der Waals surface area (Å²) in [5.74, 6) is -0.308. The summed E-state index contributed by atoms with van der Waals surface area (Å²) in [6.45, 7) is 1.35. The number of benzene rings is 1. The molecule has 1 atom stereocenters. The van der Waals surface area contributed by atoms with Gasteiger partial charge in [0.2, 0.25) is 0 Å². The van der Waals surface area contributed by atoms with Crippen molar-refractivity contribution in [3.63, 3.8) is 0 Å². The van der Waals surface area contributed by atoms with Crippen molar-refractivity contribution < 1.29 is 14.6 Å². The molecular formula is C9H9ClO3. The van der Waals surface area contributed by atoms with Crippen LogP contribution in [-0.2, 0) is 4.79 Å². The van der Waals surface area contributed by atoms with Crippen molar-refractivity contribution in [3.05, 3.63) is 29.3 Å². The molecule has 70 valence electrons. The van der Waals surface area contributed by atoms with Crippen molar-refractivity contribution in [1.82, 2.24) is 0 Å². The largest absolute Gasteiger partial charge is 0.425 e. The highest BCUT2D eigenvalue weighted by molar-refractivity contribution is 6.30. The molecule has 4 heteroatoms. The Hall–Kier alpha value is -1.06. The fourth-order valence-corrected chi connectivity index (χ4v) is 0.830. The van der Waals surface area contributed by atoms with Crippen LogP contribution in [0.2, 0.25) is 5.02 Å². The molecular weight excluding hydrogens is 192 g/mol. The zero-order chi connectivity index (χ0) is 9.84. The number of rotatable bonds is 2. The molecule has 1 aromatic rings. The standard InChI is InChI=1S/C9H9ClO3/c1-6(11)9(12)13-8-4-2-7(10)3-5-8/h2-6,11H,1H3. The van der Waals surface area contributed by atoms with E-state index < -0.39 is 12.1 Å². The van der Waals surface area contributed by atoms with Gasteiger partial charge in [-0.2, -0.15) is 0 Å². The van der Waals surface area contributed by atoms with Gasteiger partial charge in [-0.3, -0.25) is 0 Å². The summed E-state index contributed by atoms with van der Waals surface area (Å²) >= 11 is 5.62. The summed E-state index contributed by atoms with van der Waals surface area (Å²) < 4.78 is 4.78. The second-order valence-corrected chi connectivity index (χ2v) is 2.99. The molecule has 1 aromatic carbocycles. The molecule has 13 heavy (non-hydrogen) atoms. The van der Waals surface area contributed by atoms with Crippen LogP contribution in [0.1, 0.15) is 6.92 Å². The number of halogens is 1. The van der Waals surface area contributed by atoms with Gasteiger partial charge in [-0.05, 0) is 31.2 Å². The maximum atomic E-state index is 10.9. The second kappa shape index (κ2) is 4.25. The fourth-order valence-electron chi connectivity index (χ4n) is 0.704. The minimum atomic E-state index is -1.12. The second-order valence-electron chi connectivity index (χ2n) is 2.55. The summed E-state index contributed by atoms with van der Waals surface area (Å²) in [5, 5.41) is 9.40. The molecule has 0 aromatic heterocycles. The van der Waals surface area contributed by atoms with E-state index in [0.717, 1.165) is 0 Å². The van der Waals surface area contributed by atoms with Crippen molar-refractivity contribution in [1.29, 1.82) is 0 Å². The van der Waals surface area contributed by atoms with Crippen molar-refractivity contribution in [3.8, 4) is 5.75 Å². The van der Waals surface area contributed by atoms with Crippen molar-refractivity contribution in [2.75, 3.05) is 0 Å². The number of aliphatic hydroxyl groups excluding tert-OH is 1. The molecule has 0 aliphatic heterocycles. The van der Waals surface area contributed by atoms with Gasteiger partial charge >= 0.3 is 5.97 Å². The Morgan fingerprint density at radius 1 is 1.46 bits per heavy atom. The van der Waals surface area contributed by atoms with Crippen LogP contribution in [0, 0.1) is 0 Å². The summed E-state index contributed by atoms with van der Waals surface area (Å²) in [5.41, 5.74) is 0. The zero-order valence-electron chi connectivity index (χ0n) is 7.03. The molecule has 0 spiro atoms. The first-order chi connectivity index (χ1) is 6.09. The number of hydrogen-bond donors (Lipinski definition) is 1. The average molecular weight is 201 g/mol. The van der Waals surface area contributed by atoms with Crippen LogP contribution in [0.15, 0.2) is 24.3 Å². The molecule has 1 unspecified atom stereocenters. The predicted molar refractivity (Wildman–Crippen MR) is 48.8 cm³/mol. The number of hydrogen-bond acceptors (Lipinski definition) is 3. The van der Waals surface area contributed by atoms with Crippen molar-refractivity contribution in [2.45, 2.75) is 13.0 Å². The minimum absolute atomic E-state index is 0.371. The Kier molecular flexibility index (Phi) is 3.28. The zero-order valence-corrected chi connectivity index (χ0v) is 7.78. The molecule has 0 aliphatic carbocycles. The molecule has 0 amide bonds. The topological polar surface area (TPSA) is 46.5 Å². The highest BCUT2D eigenvalue weighted by atomic mass is 35.5. The van der Waals surface area contributed by atoms with E-state index in [1.807, 2.05) is 0 Å². The summed E-state index contributed by atoms with van der Waals surface area (Å²) in [7, 11) is 0. The third kappa shape index (κ3) is 3.05. The summed E-state index contributed by atoms with van der Waals surface area (Å²) in [6.07, 6.45) is -1.12. The number of esters is 1. The predicted octanol–water partition coefficient (Wildman–Crippen LogP) is 1.63. The molecule has 0 saturated heterocycles. The SMILES string of the molecule is CC(O)C(=O)Oc1ccc(Cl)cc1. The van der Waals surface area contributed by atoms with Crippen LogP contribution < -0.4 is 4.74 Å². The van der Waals surface area contributed by atoms with Gasteiger partial charge in [-0.25, -0.2) is 4.79 Å². The lowest BCUT2D eigenvalue weighted by molar-refractivity contribution is -0.142. The number of ether oxygens (including phenoxy) is 1. The average Bonchev–Trinajstić information content (AvgIpc) is 2.08. The lowest BCUT2D eigenvalue weighted by Gasteiger charge is -2.05. The van der Waals surface area contributed by atoms with Crippen LogP contribution in [-0.4, -0.2) is 17.2 Å². The monoisotopic (exact) mass is 200 g/mol. The maximum Gasteiger partial charge on any atom is 0.340 e. The molecule has 0 radical (unpaired) electrons. The van der Waals surface area contributed by atoms with Crippen molar-refractivity contribution >= 4 is 17.6 Å². The maximum absolute atomic E-state index is 10.9. The Bertz CT molecular complexity index is 292. The summed E-state index contributed by atoms with van der Waals surface area (Å²) in [4.78, 5) is 10.9. The van der Waals surface area contributed by atoms with E-state index in [-0.39, 0.29) is 0 Å². The van der Waals surface area contributed by atoms with Crippen LogP contribution in [0.5, 0.6) is 5.75 Å². The Morgan fingerprint density at radius 3 is 2.46 bits per heavy atom. The smallest absolute Gasteiger partial charge is 0.340 e. The molecule has 0 heterocycles. The highest BCUT2D eigenvalue weighted by Crippen LogP contribution is 2.15. The van der Waals surface area contributed by atoms with E-state index in [4.69, 9.17) is 21.4 Å². The van der Waals surface area contributed by atoms with Gasteiger partial charge in [0.1, 0.15) is 11.9 Å². The van der Waals surface area contributed by atoms with Gasteiger partial charge in [0, 0.05) is 5.02 Å². The molecule has 0 aliphatic rings. The third-order valence-electron chi connectivity index (χ3n) is 1.37. The summed E-state index contributed by atoms with van der Waals surface area (Å²) in [6, 6.07) is 6.32. The van der Waals surface area contributed by atoms with E-state index in [0.29, 0.717) is 10.8 Å². The minimum Gasteiger partial charge on any atom is -0.425 e. The Balaban J connectivity index is 2.65. The van der Waals surface area contributed by atoms with Gasteiger partial charge < -0.3 is 9.84 Å². The van der Waals surface area contributed by atoms with Crippen LogP contribution in [0.3, 0.4) is 0 Å². The van der Waals surface area contributed by atoms with Gasteiger partial charge in [-0.1, -0.05) is 11.6 Å². The molecule has 0 bridgehead atoms. The van der Waals surface area contributed by atoms with E-state index in [1.54, 1.807) is 24.3 Å². The van der Waals surface area contributed by atoms with E-state index in [9.17, 15) is 4.79 Å². The quantitative estimate of drug-likeness (QED) is 0.583. The highest BCUT2D eigenvalue weighted by Gasteiger charge is 2.10. The first kappa shape index (κ1) is 10.0. The lowest BCUT2D eigenvalue weighted by Crippen LogP contribution is -2.21. The molecule has 0 saturated carbocycles. The van der Waals surface area contributed by atoms with Crippen LogP contribution >= 0.6 is 11.6 Å². The molecule has 3 nitrogen and oxygen atoms in total. The number of carbonyl (C=O) groups excluding carboxylic acids is 1. The third-order valence-corrected chi connectivity index (χ3v) is 1.63. The van der Waals surface area contributed by atoms with Gasteiger partial charge in [0.15, 0.2) is 0 Å². The molecule has 1 rings (SSSR count). The van der Waals surface area contributed by atoms with E-state index in [2.05, 4.69) is 0 Å².